The first-order chi connectivity index (χ1) is 6.74. The minimum Gasteiger partial charge on any atom is -0.396 e. The van der Waals surface area contributed by atoms with Crippen molar-refractivity contribution in [2.24, 2.45) is 5.73 Å². The lowest BCUT2D eigenvalue weighted by atomic mass is 10.2. The molecular formula is C11H20N2O. The molecule has 0 aliphatic carbocycles. The highest BCUT2D eigenvalue weighted by atomic mass is 16.2. The minimum atomic E-state index is 0.119. The van der Waals surface area contributed by atoms with Crippen LogP contribution in [-0.2, 0) is 6.54 Å². The van der Waals surface area contributed by atoms with Crippen LogP contribution in [-0.4, -0.2) is 16.3 Å². The van der Waals surface area contributed by atoms with E-state index in [0.717, 1.165) is 25.8 Å². The molecule has 0 aromatic carbocycles. The van der Waals surface area contributed by atoms with E-state index in [1.165, 1.54) is 5.56 Å². The zero-order valence-electron chi connectivity index (χ0n) is 8.82. The monoisotopic (exact) mass is 196 g/mol. The average molecular weight is 196 g/mol. The molecule has 80 valence electrons. The van der Waals surface area contributed by atoms with Gasteiger partial charge >= 0.3 is 0 Å². The van der Waals surface area contributed by atoms with Gasteiger partial charge in [0.2, 0.25) is 0 Å². The number of unbranched alkanes of at least 4 members (excludes halogenated alkanes) is 2. The second-order valence-corrected chi connectivity index (χ2v) is 3.76. The summed E-state index contributed by atoms with van der Waals surface area (Å²) in [5.74, 6) is 0. The highest BCUT2D eigenvalue weighted by Crippen LogP contribution is 2.10. The number of aliphatic hydroxyl groups excluding tert-OH is 1. The lowest BCUT2D eigenvalue weighted by Gasteiger charge is -2.03. The van der Waals surface area contributed by atoms with Crippen molar-refractivity contribution < 1.29 is 5.11 Å². The Morgan fingerprint density at radius 2 is 2.21 bits per heavy atom. The van der Waals surface area contributed by atoms with Crippen molar-refractivity contribution >= 4 is 0 Å². The summed E-state index contributed by atoms with van der Waals surface area (Å²) in [5.41, 5.74) is 6.94. The summed E-state index contributed by atoms with van der Waals surface area (Å²) in [6, 6.07) is 2.19. The second-order valence-electron chi connectivity index (χ2n) is 3.76. The third kappa shape index (κ3) is 3.52. The maximum atomic E-state index is 8.62. The van der Waals surface area contributed by atoms with Gasteiger partial charge in [0.05, 0.1) is 0 Å². The summed E-state index contributed by atoms with van der Waals surface area (Å²) in [5, 5.41) is 8.62. The number of hydrogen-bond acceptors (Lipinski definition) is 2. The van der Waals surface area contributed by atoms with Gasteiger partial charge in [-0.1, -0.05) is 0 Å². The molecule has 1 aromatic rings. The molecule has 0 radical (unpaired) electrons. The minimum absolute atomic E-state index is 0.119. The van der Waals surface area contributed by atoms with E-state index in [1.54, 1.807) is 0 Å². The number of aliphatic hydroxyl groups is 1. The molecular weight excluding hydrogens is 176 g/mol. The summed E-state index contributed by atoms with van der Waals surface area (Å²) in [7, 11) is 0. The van der Waals surface area contributed by atoms with Crippen molar-refractivity contribution in [3.63, 3.8) is 0 Å². The standard InChI is InChI=1S/C11H20N2O/c1-10(12)11-5-7-13(9-11)6-3-2-4-8-14/h5,7,9-10,14H,2-4,6,8,12H2,1H3. The zero-order valence-corrected chi connectivity index (χ0v) is 8.82. The lowest BCUT2D eigenvalue weighted by Crippen LogP contribution is -2.03. The van der Waals surface area contributed by atoms with Gasteiger partial charge in [0.1, 0.15) is 0 Å². The Kier molecular flexibility index (Phi) is 4.70. The lowest BCUT2D eigenvalue weighted by molar-refractivity contribution is 0.282. The molecule has 3 N–H and O–H groups in total. The quantitative estimate of drug-likeness (QED) is 0.680. The van der Waals surface area contributed by atoms with E-state index < -0.39 is 0 Å². The van der Waals surface area contributed by atoms with Crippen molar-refractivity contribution in [1.29, 1.82) is 0 Å². The van der Waals surface area contributed by atoms with Crippen LogP contribution in [0, 0.1) is 0 Å². The molecule has 1 aromatic heterocycles. The third-order valence-electron chi connectivity index (χ3n) is 2.37. The second kappa shape index (κ2) is 5.83. The van der Waals surface area contributed by atoms with Gasteiger partial charge in [0.25, 0.3) is 0 Å². The smallest absolute Gasteiger partial charge is 0.0431 e. The van der Waals surface area contributed by atoms with Crippen LogP contribution in [0.15, 0.2) is 18.5 Å². The van der Waals surface area contributed by atoms with Crippen LogP contribution < -0.4 is 5.73 Å². The van der Waals surface area contributed by atoms with Crippen LogP contribution in [0.25, 0.3) is 0 Å². The van der Waals surface area contributed by atoms with Gasteiger partial charge in [-0.2, -0.15) is 0 Å². The number of nitrogens with zero attached hydrogens (tertiary/aromatic N) is 1. The van der Waals surface area contributed by atoms with E-state index >= 15 is 0 Å². The molecule has 0 fully saturated rings. The predicted molar refractivity (Wildman–Crippen MR) is 58.0 cm³/mol. The van der Waals surface area contributed by atoms with Gasteiger partial charge in [0, 0.05) is 31.6 Å². The molecule has 1 atom stereocenters. The summed E-state index contributed by atoms with van der Waals surface area (Å²) < 4.78 is 2.16. The van der Waals surface area contributed by atoms with Crippen molar-refractivity contribution in [2.45, 2.75) is 38.8 Å². The molecule has 1 unspecified atom stereocenters. The molecule has 0 bridgehead atoms. The highest BCUT2D eigenvalue weighted by molar-refractivity contribution is 5.13. The van der Waals surface area contributed by atoms with Gasteiger partial charge in [-0.05, 0) is 37.8 Å². The molecule has 1 rings (SSSR count). The normalized spacial score (nSPS) is 13.1. The van der Waals surface area contributed by atoms with Gasteiger partial charge in [0.15, 0.2) is 0 Å². The number of hydrogen-bond donors (Lipinski definition) is 2. The molecule has 0 amide bonds. The van der Waals surface area contributed by atoms with Crippen molar-refractivity contribution in [2.75, 3.05) is 6.61 Å². The maximum Gasteiger partial charge on any atom is 0.0431 e. The number of aryl methyl sites for hydroxylation is 1. The van der Waals surface area contributed by atoms with E-state index in [-0.39, 0.29) is 6.04 Å². The number of rotatable bonds is 6. The first-order valence-electron chi connectivity index (χ1n) is 5.26. The number of aromatic nitrogens is 1. The predicted octanol–water partition coefficient (Wildman–Crippen LogP) is 1.67. The van der Waals surface area contributed by atoms with Gasteiger partial charge < -0.3 is 15.4 Å². The molecule has 0 aliphatic heterocycles. The Hall–Kier alpha value is -0.800. The van der Waals surface area contributed by atoms with Crippen LogP contribution in [0.5, 0.6) is 0 Å². The van der Waals surface area contributed by atoms with E-state index in [2.05, 4.69) is 23.0 Å². The molecule has 0 saturated heterocycles. The van der Waals surface area contributed by atoms with E-state index in [1.807, 2.05) is 6.92 Å². The van der Waals surface area contributed by atoms with Crippen molar-refractivity contribution in [3.05, 3.63) is 24.0 Å². The highest BCUT2D eigenvalue weighted by Gasteiger charge is 2.00. The van der Waals surface area contributed by atoms with E-state index in [0.29, 0.717) is 6.61 Å². The molecule has 0 saturated carbocycles. The van der Waals surface area contributed by atoms with Crippen LogP contribution in [0.1, 0.15) is 37.8 Å². The van der Waals surface area contributed by atoms with Crippen LogP contribution in [0.2, 0.25) is 0 Å². The Morgan fingerprint density at radius 1 is 1.43 bits per heavy atom. The molecule has 3 heteroatoms. The van der Waals surface area contributed by atoms with E-state index in [4.69, 9.17) is 10.8 Å². The number of nitrogens with two attached hydrogens (primary N) is 1. The topological polar surface area (TPSA) is 51.2 Å². The van der Waals surface area contributed by atoms with Gasteiger partial charge in [-0.3, -0.25) is 0 Å². The molecule has 1 heterocycles. The first-order valence-corrected chi connectivity index (χ1v) is 5.26. The molecule has 3 nitrogen and oxygen atoms in total. The Morgan fingerprint density at radius 3 is 2.79 bits per heavy atom. The van der Waals surface area contributed by atoms with E-state index in [9.17, 15) is 0 Å². The fourth-order valence-electron chi connectivity index (χ4n) is 1.45. The molecule has 0 spiro atoms. The summed E-state index contributed by atoms with van der Waals surface area (Å²) in [6.45, 7) is 3.31. The first kappa shape index (κ1) is 11.3. The van der Waals surface area contributed by atoms with Crippen LogP contribution >= 0.6 is 0 Å². The third-order valence-corrected chi connectivity index (χ3v) is 2.37. The largest absolute Gasteiger partial charge is 0.396 e. The fraction of sp³-hybridized carbons (Fsp3) is 0.636. The Balaban J connectivity index is 2.29. The van der Waals surface area contributed by atoms with Crippen LogP contribution in [0.4, 0.5) is 0 Å². The molecule has 14 heavy (non-hydrogen) atoms. The average Bonchev–Trinajstić information content (AvgIpc) is 2.61. The summed E-state index contributed by atoms with van der Waals surface area (Å²) >= 11 is 0. The maximum absolute atomic E-state index is 8.62. The van der Waals surface area contributed by atoms with Gasteiger partial charge in [-0.25, -0.2) is 0 Å². The Bertz CT molecular complexity index is 256. The van der Waals surface area contributed by atoms with Gasteiger partial charge in [-0.15, -0.1) is 0 Å². The Labute approximate surface area is 85.5 Å². The SMILES string of the molecule is CC(N)c1ccn(CCCCCO)c1. The summed E-state index contributed by atoms with van der Waals surface area (Å²) in [4.78, 5) is 0. The van der Waals surface area contributed by atoms with Crippen LogP contribution in [0.3, 0.4) is 0 Å². The molecule has 0 aliphatic rings. The fourth-order valence-corrected chi connectivity index (χ4v) is 1.45. The van der Waals surface area contributed by atoms with Crippen molar-refractivity contribution in [3.8, 4) is 0 Å². The zero-order chi connectivity index (χ0) is 10.4. The summed E-state index contributed by atoms with van der Waals surface area (Å²) in [6.07, 6.45) is 7.28. The van der Waals surface area contributed by atoms with Crippen molar-refractivity contribution in [1.82, 2.24) is 4.57 Å².